The van der Waals surface area contributed by atoms with E-state index in [1.807, 2.05) is 53.1 Å². The third kappa shape index (κ3) is 4.17. The highest BCUT2D eigenvalue weighted by molar-refractivity contribution is 6.01. The molecule has 0 saturated heterocycles. The van der Waals surface area contributed by atoms with E-state index in [-0.39, 0.29) is 5.91 Å². The minimum Gasteiger partial charge on any atom is -0.352 e. The number of imidazole rings is 1. The number of fused-ring (bicyclic) bond motifs is 1. The molecule has 0 aliphatic rings. The molecule has 4 aromatic rings. The second-order valence-corrected chi connectivity index (χ2v) is 8.29. The van der Waals surface area contributed by atoms with Crippen LogP contribution >= 0.6 is 0 Å². The molecule has 0 fully saturated rings. The van der Waals surface area contributed by atoms with Crippen molar-refractivity contribution in [2.45, 2.75) is 27.7 Å². The Morgan fingerprint density at radius 1 is 0.968 bits per heavy atom. The van der Waals surface area contributed by atoms with E-state index in [4.69, 9.17) is 4.98 Å². The predicted octanol–water partition coefficient (Wildman–Crippen LogP) is 5.75. The molecule has 0 aliphatic carbocycles. The highest BCUT2D eigenvalue weighted by atomic mass is 16.1. The SMILES string of the molecule is Cc1cccc(C)c1Nc1c(-c2ccccc2)nc2c(C(=O)NCC(C)C)cccn12. The van der Waals surface area contributed by atoms with Gasteiger partial charge in [0.2, 0.25) is 0 Å². The quantitative estimate of drug-likeness (QED) is 0.424. The van der Waals surface area contributed by atoms with E-state index in [1.165, 1.54) is 0 Å². The van der Waals surface area contributed by atoms with Gasteiger partial charge in [-0.15, -0.1) is 0 Å². The molecule has 158 valence electrons. The summed E-state index contributed by atoms with van der Waals surface area (Å²) in [6, 6.07) is 20.0. The third-order valence-electron chi connectivity index (χ3n) is 5.34. The summed E-state index contributed by atoms with van der Waals surface area (Å²) in [5.41, 5.74) is 6.36. The van der Waals surface area contributed by atoms with Gasteiger partial charge < -0.3 is 10.6 Å². The Kier molecular flexibility index (Phi) is 5.76. The number of hydrogen-bond donors (Lipinski definition) is 2. The number of aryl methyl sites for hydroxylation is 2. The van der Waals surface area contributed by atoms with Gasteiger partial charge in [-0.2, -0.15) is 0 Å². The molecule has 0 spiro atoms. The lowest BCUT2D eigenvalue weighted by molar-refractivity contribution is 0.0950. The second-order valence-electron chi connectivity index (χ2n) is 8.29. The maximum atomic E-state index is 12.9. The van der Waals surface area contributed by atoms with Gasteiger partial charge in [0.1, 0.15) is 11.5 Å². The molecule has 0 aliphatic heterocycles. The number of benzene rings is 2. The van der Waals surface area contributed by atoms with Gasteiger partial charge in [-0.05, 0) is 43.0 Å². The summed E-state index contributed by atoms with van der Waals surface area (Å²) >= 11 is 0. The lowest BCUT2D eigenvalue weighted by Gasteiger charge is -2.14. The van der Waals surface area contributed by atoms with Crippen LogP contribution < -0.4 is 10.6 Å². The van der Waals surface area contributed by atoms with Crippen molar-refractivity contribution in [3.8, 4) is 11.3 Å². The average Bonchev–Trinajstić information content (AvgIpc) is 3.13. The number of pyridine rings is 1. The Hall–Kier alpha value is -3.60. The van der Waals surface area contributed by atoms with Gasteiger partial charge in [0.05, 0.1) is 5.56 Å². The summed E-state index contributed by atoms with van der Waals surface area (Å²) in [4.78, 5) is 17.8. The zero-order valence-corrected chi connectivity index (χ0v) is 18.4. The number of anilines is 2. The van der Waals surface area contributed by atoms with Gasteiger partial charge in [0, 0.05) is 24.0 Å². The van der Waals surface area contributed by atoms with Crippen molar-refractivity contribution in [1.82, 2.24) is 14.7 Å². The number of aromatic nitrogens is 2. The van der Waals surface area contributed by atoms with Gasteiger partial charge in [-0.25, -0.2) is 4.98 Å². The van der Waals surface area contributed by atoms with Crippen molar-refractivity contribution in [3.05, 3.63) is 83.6 Å². The minimum absolute atomic E-state index is 0.109. The van der Waals surface area contributed by atoms with Crippen molar-refractivity contribution in [1.29, 1.82) is 0 Å². The number of carbonyl (C=O) groups excluding carboxylic acids is 1. The van der Waals surface area contributed by atoms with Crippen LogP contribution in [0, 0.1) is 19.8 Å². The number of para-hydroxylation sites is 1. The lowest BCUT2D eigenvalue weighted by Crippen LogP contribution is -2.27. The van der Waals surface area contributed by atoms with Crippen LogP contribution in [-0.2, 0) is 0 Å². The molecular formula is C26H28N4O. The molecule has 2 aromatic heterocycles. The van der Waals surface area contributed by atoms with Crippen molar-refractivity contribution < 1.29 is 4.79 Å². The zero-order chi connectivity index (χ0) is 22.0. The first kappa shape index (κ1) is 20.7. The molecule has 2 N–H and O–H groups in total. The van der Waals surface area contributed by atoms with E-state index in [0.717, 1.165) is 33.9 Å². The topological polar surface area (TPSA) is 58.4 Å². The molecule has 5 nitrogen and oxygen atoms in total. The Morgan fingerprint density at radius 2 is 1.68 bits per heavy atom. The summed E-state index contributed by atoms with van der Waals surface area (Å²) in [7, 11) is 0. The Labute approximate surface area is 183 Å². The minimum atomic E-state index is -0.109. The smallest absolute Gasteiger partial charge is 0.255 e. The zero-order valence-electron chi connectivity index (χ0n) is 18.4. The fraction of sp³-hybridized carbons (Fsp3) is 0.231. The van der Waals surface area contributed by atoms with Crippen molar-refractivity contribution in [2.75, 3.05) is 11.9 Å². The monoisotopic (exact) mass is 412 g/mol. The highest BCUT2D eigenvalue weighted by Crippen LogP contribution is 2.34. The molecule has 0 bridgehead atoms. The van der Waals surface area contributed by atoms with Crippen LogP contribution in [0.2, 0.25) is 0 Å². The highest BCUT2D eigenvalue weighted by Gasteiger charge is 2.20. The molecule has 2 heterocycles. The van der Waals surface area contributed by atoms with Crippen LogP contribution in [0.1, 0.15) is 35.3 Å². The summed E-state index contributed by atoms with van der Waals surface area (Å²) in [5.74, 6) is 1.12. The third-order valence-corrected chi connectivity index (χ3v) is 5.34. The molecule has 2 aromatic carbocycles. The summed E-state index contributed by atoms with van der Waals surface area (Å²) < 4.78 is 1.97. The summed E-state index contributed by atoms with van der Waals surface area (Å²) in [6.07, 6.45) is 1.95. The lowest BCUT2D eigenvalue weighted by atomic mass is 10.1. The molecule has 0 atom stereocenters. The first-order valence-corrected chi connectivity index (χ1v) is 10.6. The van der Waals surface area contributed by atoms with Gasteiger partial charge in [-0.1, -0.05) is 62.4 Å². The standard InChI is InChI=1S/C26H28N4O/c1-17(2)16-27-26(31)21-14-9-15-30-24(21)29-23(20-12-6-5-7-13-20)25(30)28-22-18(3)10-8-11-19(22)4/h5-15,17,28H,16H2,1-4H3,(H,27,31). The van der Waals surface area contributed by atoms with E-state index >= 15 is 0 Å². The average molecular weight is 413 g/mol. The maximum absolute atomic E-state index is 12.9. The van der Waals surface area contributed by atoms with E-state index in [1.54, 1.807) is 0 Å². The maximum Gasteiger partial charge on any atom is 0.255 e. The van der Waals surface area contributed by atoms with E-state index in [2.05, 4.69) is 56.5 Å². The van der Waals surface area contributed by atoms with Crippen LogP contribution in [0.15, 0.2) is 66.9 Å². The fourth-order valence-corrected chi connectivity index (χ4v) is 3.68. The van der Waals surface area contributed by atoms with Gasteiger partial charge in [0.15, 0.2) is 5.65 Å². The van der Waals surface area contributed by atoms with Crippen LogP contribution in [0.3, 0.4) is 0 Å². The van der Waals surface area contributed by atoms with Gasteiger partial charge in [0.25, 0.3) is 5.91 Å². The van der Waals surface area contributed by atoms with Crippen LogP contribution in [0.25, 0.3) is 16.9 Å². The Morgan fingerprint density at radius 3 is 2.35 bits per heavy atom. The Bertz CT molecular complexity index is 1200. The summed E-state index contributed by atoms with van der Waals surface area (Å²) in [5, 5.41) is 6.63. The van der Waals surface area contributed by atoms with Crippen molar-refractivity contribution >= 4 is 23.1 Å². The molecule has 1 amide bonds. The normalized spacial score (nSPS) is 11.1. The molecule has 0 radical (unpaired) electrons. The number of amides is 1. The fourth-order valence-electron chi connectivity index (χ4n) is 3.68. The molecular weight excluding hydrogens is 384 g/mol. The predicted molar refractivity (Wildman–Crippen MR) is 127 cm³/mol. The molecule has 5 heteroatoms. The van der Waals surface area contributed by atoms with Crippen LogP contribution in [-0.4, -0.2) is 21.8 Å². The molecule has 0 saturated carbocycles. The van der Waals surface area contributed by atoms with Crippen molar-refractivity contribution in [2.24, 2.45) is 5.92 Å². The van der Waals surface area contributed by atoms with E-state index < -0.39 is 0 Å². The molecule has 31 heavy (non-hydrogen) atoms. The van der Waals surface area contributed by atoms with E-state index in [9.17, 15) is 4.79 Å². The number of rotatable bonds is 6. The molecule has 4 rings (SSSR count). The molecule has 0 unspecified atom stereocenters. The largest absolute Gasteiger partial charge is 0.352 e. The summed E-state index contributed by atoms with van der Waals surface area (Å²) in [6.45, 7) is 8.96. The van der Waals surface area contributed by atoms with Crippen molar-refractivity contribution in [3.63, 3.8) is 0 Å². The van der Waals surface area contributed by atoms with Gasteiger partial charge >= 0.3 is 0 Å². The number of carbonyl (C=O) groups is 1. The first-order valence-electron chi connectivity index (χ1n) is 10.6. The Balaban J connectivity index is 1.89. The van der Waals surface area contributed by atoms with E-state index in [0.29, 0.717) is 23.7 Å². The van der Waals surface area contributed by atoms with Crippen LogP contribution in [0.5, 0.6) is 0 Å². The second kappa shape index (κ2) is 8.64. The first-order chi connectivity index (χ1) is 15.0. The number of nitrogens with one attached hydrogen (secondary N) is 2. The number of hydrogen-bond acceptors (Lipinski definition) is 3. The van der Waals surface area contributed by atoms with Crippen LogP contribution in [0.4, 0.5) is 11.5 Å². The number of nitrogens with zero attached hydrogens (tertiary/aromatic N) is 2. The van der Waals surface area contributed by atoms with Gasteiger partial charge in [-0.3, -0.25) is 9.20 Å².